The van der Waals surface area contributed by atoms with Gasteiger partial charge in [-0.1, -0.05) is 20.8 Å². The first-order chi connectivity index (χ1) is 10.5. The van der Waals surface area contributed by atoms with Crippen molar-refractivity contribution in [2.75, 3.05) is 10.4 Å². The highest BCUT2D eigenvalue weighted by atomic mass is 16.2. The number of hydrazine groups is 1. The first-order valence-electron chi connectivity index (χ1n) is 7.21. The minimum absolute atomic E-state index is 0.0264. The van der Waals surface area contributed by atoms with Gasteiger partial charge in [0.05, 0.1) is 11.9 Å². The number of hydrogen-bond donors (Lipinski definition) is 1. The SMILES string of the molecule is CC(C)(C)CCC(=O)N(Nc1ccncn1)c1cccnc1. The van der Waals surface area contributed by atoms with Crippen molar-refractivity contribution in [2.45, 2.75) is 33.6 Å². The number of hydrogen-bond acceptors (Lipinski definition) is 5. The number of rotatable bonds is 5. The van der Waals surface area contributed by atoms with E-state index in [1.807, 2.05) is 6.07 Å². The lowest BCUT2D eigenvalue weighted by Gasteiger charge is -2.25. The number of aromatic nitrogens is 3. The topological polar surface area (TPSA) is 71.0 Å². The molecule has 0 aliphatic heterocycles. The van der Waals surface area contributed by atoms with E-state index in [0.717, 1.165) is 6.42 Å². The highest BCUT2D eigenvalue weighted by Gasteiger charge is 2.20. The summed E-state index contributed by atoms with van der Waals surface area (Å²) in [7, 11) is 0. The summed E-state index contributed by atoms with van der Waals surface area (Å²) in [6.07, 6.45) is 7.61. The summed E-state index contributed by atoms with van der Waals surface area (Å²) in [5.41, 5.74) is 3.81. The van der Waals surface area contributed by atoms with Gasteiger partial charge in [-0.25, -0.2) is 15.0 Å². The molecule has 22 heavy (non-hydrogen) atoms. The second-order valence-electron chi connectivity index (χ2n) is 6.21. The Bertz CT molecular complexity index is 595. The zero-order valence-electron chi connectivity index (χ0n) is 13.2. The lowest BCUT2D eigenvalue weighted by atomic mass is 9.90. The molecule has 0 saturated heterocycles. The molecule has 0 aromatic carbocycles. The molecule has 0 aliphatic carbocycles. The van der Waals surface area contributed by atoms with Crippen LogP contribution in [-0.2, 0) is 4.79 Å². The van der Waals surface area contributed by atoms with Gasteiger partial charge in [0, 0.05) is 24.9 Å². The van der Waals surface area contributed by atoms with E-state index in [1.54, 1.807) is 30.7 Å². The van der Waals surface area contributed by atoms with Crippen LogP contribution in [0.25, 0.3) is 0 Å². The molecular weight excluding hydrogens is 278 g/mol. The normalized spacial score (nSPS) is 11.0. The molecule has 0 radical (unpaired) electrons. The van der Waals surface area contributed by atoms with Crippen molar-refractivity contribution in [1.82, 2.24) is 15.0 Å². The van der Waals surface area contributed by atoms with Gasteiger partial charge < -0.3 is 0 Å². The molecule has 1 N–H and O–H groups in total. The van der Waals surface area contributed by atoms with Crippen LogP contribution >= 0.6 is 0 Å². The third-order valence-corrected chi connectivity index (χ3v) is 3.05. The zero-order valence-corrected chi connectivity index (χ0v) is 13.2. The molecule has 0 bridgehead atoms. The summed E-state index contributed by atoms with van der Waals surface area (Å²) >= 11 is 0. The van der Waals surface area contributed by atoms with Crippen LogP contribution in [0.5, 0.6) is 0 Å². The number of pyridine rings is 1. The third-order valence-electron chi connectivity index (χ3n) is 3.05. The predicted octanol–water partition coefficient (Wildman–Crippen LogP) is 3.06. The lowest BCUT2D eigenvalue weighted by Crippen LogP contribution is -2.37. The van der Waals surface area contributed by atoms with Crippen LogP contribution in [0.1, 0.15) is 33.6 Å². The second-order valence-corrected chi connectivity index (χ2v) is 6.21. The molecular formula is C16H21N5O. The average Bonchev–Trinajstić information content (AvgIpc) is 2.51. The van der Waals surface area contributed by atoms with E-state index in [-0.39, 0.29) is 11.3 Å². The average molecular weight is 299 g/mol. The predicted molar refractivity (Wildman–Crippen MR) is 86.1 cm³/mol. The second kappa shape index (κ2) is 6.98. The quantitative estimate of drug-likeness (QED) is 0.859. The Kier molecular flexibility index (Phi) is 5.04. The molecule has 2 aromatic heterocycles. The lowest BCUT2D eigenvalue weighted by molar-refractivity contribution is -0.118. The fraction of sp³-hybridized carbons (Fsp3) is 0.375. The van der Waals surface area contributed by atoms with Gasteiger partial charge in [0.1, 0.15) is 12.1 Å². The zero-order chi connectivity index (χ0) is 16.0. The Hall–Kier alpha value is -2.50. The smallest absolute Gasteiger partial charge is 0.245 e. The van der Waals surface area contributed by atoms with Crippen LogP contribution in [0.2, 0.25) is 0 Å². The molecule has 2 rings (SSSR count). The Morgan fingerprint density at radius 1 is 1.23 bits per heavy atom. The molecule has 0 spiro atoms. The van der Waals surface area contributed by atoms with Crippen molar-refractivity contribution in [3.05, 3.63) is 43.1 Å². The summed E-state index contributed by atoms with van der Waals surface area (Å²) in [4.78, 5) is 24.6. The molecule has 6 nitrogen and oxygen atoms in total. The molecule has 2 heterocycles. The van der Waals surface area contributed by atoms with Crippen molar-refractivity contribution >= 4 is 17.4 Å². The van der Waals surface area contributed by atoms with E-state index in [4.69, 9.17) is 0 Å². The van der Waals surface area contributed by atoms with Crippen LogP contribution in [0.3, 0.4) is 0 Å². The van der Waals surface area contributed by atoms with E-state index in [9.17, 15) is 4.79 Å². The van der Waals surface area contributed by atoms with Crippen LogP contribution in [-0.4, -0.2) is 20.9 Å². The standard InChI is InChI=1S/C16H21N5O/c1-16(2,3)8-6-15(22)21(13-5-4-9-17-11-13)20-14-7-10-18-12-19-14/h4-5,7,9-12H,6,8H2,1-3H3,(H,18,19,20). The fourth-order valence-electron chi connectivity index (χ4n) is 1.82. The van der Waals surface area contributed by atoms with Crippen molar-refractivity contribution in [3.63, 3.8) is 0 Å². The summed E-state index contributed by atoms with van der Waals surface area (Å²) in [6, 6.07) is 5.33. The van der Waals surface area contributed by atoms with Crippen molar-refractivity contribution in [3.8, 4) is 0 Å². The van der Waals surface area contributed by atoms with Gasteiger partial charge in [0.15, 0.2) is 0 Å². The van der Waals surface area contributed by atoms with Crippen LogP contribution in [0.4, 0.5) is 11.5 Å². The summed E-state index contributed by atoms with van der Waals surface area (Å²) in [6.45, 7) is 6.35. The molecule has 1 amide bonds. The van der Waals surface area contributed by atoms with E-state index in [1.165, 1.54) is 11.3 Å². The molecule has 0 saturated carbocycles. The first-order valence-corrected chi connectivity index (χ1v) is 7.21. The van der Waals surface area contributed by atoms with E-state index < -0.39 is 0 Å². The van der Waals surface area contributed by atoms with Gasteiger partial charge in [0.2, 0.25) is 5.91 Å². The first kappa shape index (κ1) is 15.9. The maximum absolute atomic E-state index is 12.6. The Labute approximate surface area is 130 Å². The summed E-state index contributed by atoms with van der Waals surface area (Å²) < 4.78 is 0. The Morgan fingerprint density at radius 3 is 2.64 bits per heavy atom. The molecule has 116 valence electrons. The number of nitrogens with one attached hydrogen (secondary N) is 1. The fourth-order valence-corrected chi connectivity index (χ4v) is 1.82. The number of anilines is 2. The highest BCUT2D eigenvalue weighted by molar-refractivity contribution is 5.94. The Morgan fingerprint density at radius 2 is 2.05 bits per heavy atom. The van der Waals surface area contributed by atoms with E-state index in [0.29, 0.717) is 17.9 Å². The summed E-state index contributed by atoms with van der Waals surface area (Å²) in [5, 5.41) is 1.49. The van der Waals surface area contributed by atoms with Crippen molar-refractivity contribution in [2.24, 2.45) is 5.41 Å². The van der Waals surface area contributed by atoms with Gasteiger partial charge in [-0.3, -0.25) is 15.2 Å². The van der Waals surface area contributed by atoms with Crippen LogP contribution in [0.15, 0.2) is 43.1 Å². The molecule has 6 heteroatoms. The third kappa shape index (κ3) is 4.80. The van der Waals surface area contributed by atoms with Gasteiger partial charge >= 0.3 is 0 Å². The number of nitrogens with zero attached hydrogens (tertiary/aromatic N) is 4. The largest absolute Gasteiger partial charge is 0.274 e. The number of carbonyl (C=O) groups excluding carboxylic acids is 1. The monoisotopic (exact) mass is 299 g/mol. The summed E-state index contributed by atoms with van der Waals surface area (Å²) in [5.74, 6) is 0.532. The van der Waals surface area contributed by atoms with E-state index in [2.05, 4.69) is 41.1 Å². The van der Waals surface area contributed by atoms with Gasteiger partial charge in [-0.2, -0.15) is 0 Å². The van der Waals surface area contributed by atoms with Crippen LogP contribution < -0.4 is 10.4 Å². The molecule has 0 fully saturated rings. The van der Waals surface area contributed by atoms with Crippen molar-refractivity contribution < 1.29 is 4.79 Å². The molecule has 0 aliphatic rings. The number of amides is 1. The van der Waals surface area contributed by atoms with Crippen molar-refractivity contribution in [1.29, 1.82) is 0 Å². The minimum atomic E-state index is -0.0264. The molecule has 2 aromatic rings. The minimum Gasteiger partial charge on any atom is -0.274 e. The van der Waals surface area contributed by atoms with Gasteiger partial charge in [-0.15, -0.1) is 0 Å². The van der Waals surface area contributed by atoms with Gasteiger partial charge in [-0.05, 0) is 24.0 Å². The Balaban J connectivity index is 2.17. The molecule has 0 atom stereocenters. The van der Waals surface area contributed by atoms with E-state index >= 15 is 0 Å². The van der Waals surface area contributed by atoms with Crippen LogP contribution in [0, 0.1) is 5.41 Å². The maximum Gasteiger partial charge on any atom is 0.245 e. The number of carbonyl (C=O) groups is 1. The molecule has 0 unspecified atom stereocenters. The maximum atomic E-state index is 12.6. The highest BCUT2D eigenvalue weighted by Crippen LogP contribution is 2.23. The van der Waals surface area contributed by atoms with Gasteiger partial charge in [0.25, 0.3) is 0 Å².